The van der Waals surface area contributed by atoms with Gasteiger partial charge in [0.15, 0.2) is 0 Å². The summed E-state index contributed by atoms with van der Waals surface area (Å²) in [4.78, 5) is 4.23. The molecule has 7 heteroatoms. The standard InChI is InChI=1S/C14H23N3O3S/c1-11-4-9-14(15-10-11)20-13-7-5-12(6-8-13)16-21(18,19)17(2)3/h4,9-10,12-13,16H,5-8H2,1-3H3. The van der Waals surface area contributed by atoms with E-state index < -0.39 is 10.2 Å². The fourth-order valence-electron chi connectivity index (χ4n) is 2.31. The maximum atomic E-state index is 11.8. The van der Waals surface area contributed by atoms with Gasteiger partial charge in [0.25, 0.3) is 10.2 Å². The number of hydrogen-bond donors (Lipinski definition) is 1. The maximum absolute atomic E-state index is 11.8. The number of nitrogens with one attached hydrogen (secondary N) is 1. The highest BCUT2D eigenvalue weighted by molar-refractivity contribution is 7.87. The molecule has 0 spiro atoms. The van der Waals surface area contributed by atoms with E-state index >= 15 is 0 Å². The first-order chi connectivity index (χ1) is 9.87. The Balaban J connectivity index is 1.82. The molecule has 1 N–H and O–H groups in total. The van der Waals surface area contributed by atoms with Gasteiger partial charge in [-0.05, 0) is 38.2 Å². The van der Waals surface area contributed by atoms with Crippen molar-refractivity contribution in [2.45, 2.75) is 44.8 Å². The van der Waals surface area contributed by atoms with Crippen molar-refractivity contribution < 1.29 is 13.2 Å². The normalized spacial score (nSPS) is 23.2. The minimum atomic E-state index is -3.35. The van der Waals surface area contributed by atoms with Crippen LogP contribution in [0.15, 0.2) is 18.3 Å². The lowest BCUT2D eigenvalue weighted by Crippen LogP contribution is -2.44. The van der Waals surface area contributed by atoms with Crippen molar-refractivity contribution in [1.82, 2.24) is 14.0 Å². The second kappa shape index (κ2) is 6.72. The number of nitrogens with zero attached hydrogens (tertiary/aromatic N) is 2. The minimum Gasteiger partial charge on any atom is -0.474 e. The van der Waals surface area contributed by atoms with Gasteiger partial charge in [-0.3, -0.25) is 0 Å². The quantitative estimate of drug-likeness (QED) is 0.893. The Labute approximate surface area is 126 Å². The van der Waals surface area contributed by atoms with Crippen molar-refractivity contribution in [2.24, 2.45) is 0 Å². The van der Waals surface area contributed by atoms with Gasteiger partial charge < -0.3 is 4.74 Å². The summed E-state index contributed by atoms with van der Waals surface area (Å²) in [5.74, 6) is 0.637. The molecular formula is C14H23N3O3S. The molecule has 21 heavy (non-hydrogen) atoms. The lowest BCUT2D eigenvalue weighted by molar-refractivity contribution is 0.138. The van der Waals surface area contributed by atoms with Crippen LogP contribution < -0.4 is 9.46 Å². The molecule has 0 saturated heterocycles. The van der Waals surface area contributed by atoms with E-state index in [0.29, 0.717) is 5.88 Å². The van der Waals surface area contributed by atoms with E-state index in [2.05, 4.69) is 9.71 Å². The molecule has 0 bridgehead atoms. The molecule has 1 fully saturated rings. The Kier molecular flexibility index (Phi) is 5.18. The summed E-state index contributed by atoms with van der Waals surface area (Å²) in [7, 11) is -0.293. The molecule has 6 nitrogen and oxygen atoms in total. The molecule has 1 aromatic rings. The second-order valence-corrected chi connectivity index (χ2v) is 7.59. The third-order valence-electron chi connectivity index (χ3n) is 3.64. The molecule has 0 unspecified atom stereocenters. The van der Waals surface area contributed by atoms with E-state index in [1.165, 1.54) is 18.4 Å². The molecule has 1 heterocycles. The molecule has 1 saturated carbocycles. The van der Waals surface area contributed by atoms with Crippen molar-refractivity contribution >= 4 is 10.2 Å². The number of pyridine rings is 1. The second-order valence-electron chi connectivity index (χ2n) is 5.67. The lowest BCUT2D eigenvalue weighted by Gasteiger charge is -2.29. The zero-order valence-electron chi connectivity index (χ0n) is 12.7. The highest BCUT2D eigenvalue weighted by Crippen LogP contribution is 2.23. The zero-order valence-corrected chi connectivity index (χ0v) is 13.6. The van der Waals surface area contributed by atoms with Crippen molar-refractivity contribution in [3.8, 4) is 5.88 Å². The number of rotatable bonds is 5. The maximum Gasteiger partial charge on any atom is 0.279 e. The van der Waals surface area contributed by atoms with Crippen LogP contribution in [0.4, 0.5) is 0 Å². The summed E-state index contributed by atoms with van der Waals surface area (Å²) in [6, 6.07) is 3.83. The largest absolute Gasteiger partial charge is 0.474 e. The number of aryl methyl sites for hydroxylation is 1. The van der Waals surface area contributed by atoms with E-state index in [1.807, 2.05) is 19.1 Å². The molecule has 2 rings (SSSR count). The summed E-state index contributed by atoms with van der Waals surface area (Å²) >= 11 is 0. The van der Waals surface area contributed by atoms with E-state index in [1.54, 1.807) is 6.20 Å². The van der Waals surface area contributed by atoms with Gasteiger partial charge in [-0.2, -0.15) is 17.4 Å². The van der Waals surface area contributed by atoms with Crippen LogP contribution in [-0.4, -0.2) is 43.9 Å². The van der Waals surface area contributed by atoms with Crippen molar-refractivity contribution in [2.75, 3.05) is 14.1 Å². The molecule has 0 aliphatic heterocycles. The Morgan fingerprint density at radius 3 is 2.43 bits per heavy atom. The molecule has 0 radical (unpaired) electrons. The SMILES string of the molecule is Cc1ccc(OC2CCC(NS(=O)(=O)N(C)C)CC2)nc1. The minimum absolute atomic E-state index is 0.0109. The van der Waals surface area contributed by atoms with Gasteiger partial charge in [0.2, 0.25) is 5.88 Å². The van der Waals surface area contributed by atoms with Crippen LogP contribution in [0.2, 0.25) is 0 Å². The summed E-state index contributed by atoms with van der Waals surface area (Å²) in [5, 5.41) is 0. The first-order valence-electron chi connectivity index (χ1n) is 7.16. The fourth-order valence-corrected chi connectivity index (χ4v) is 3.18. The van der Waals surface area contributed by atoms with Crippen molar-refractivity contribution in [1.29, 1.82) is 0 Å². The third-order valence-corrected chi connectivity index (χ3v) is 5.23. The van der Waals surface area contributed by atoms with Crippen molar-refractivity contribution in [3.05, 3.63) is 23.9 Å². The highest BCUT2D eigenvalue weighted by Gasteiger charge is 2.26. The summed E-state index contributed by atoms with van der Waals surface area (Å²) in [6.45, 7) is 1.98. The van der Waals surface area contributed by atoms with Crippen LogP contribution in [0.1, 0.15) is 31.2 Å². The zero-order chi connectivity index (χ0) is 15.5. The molecule has 0 amide bonds. The van der Waals surface area contributed by atoms with Crippen LogP contribution >= 0.6 is 0 Å². The van der Waals surface area contributed by atoms with Crippen molar-refractivity contribution in [3.63, 3.8) is 0 Å². The van der Waals surface area contributed by atoms with E-state index in [4.69, 9.17) is 4.74 Å². The Morgan fingerprint density at radius 1 is 1.24 bits per heavy atom. The Bertz CT molecular complexity index is 549. The van der Waals surface area contributed by atoms with E-state index in [-0.39, 0.29) is 12.1 Å². The number of aromatic nitrogens is 1. The predicted octanol–water partition coefficient (Wildman–Crippen LogP) is 1.48. The molecule has 1 aromatic heterocycles. The summed E-state index contributed by atoms with van der Waals surface area (Å²) in [5.41, 5.74) is 1.10. The van der Waals surface area contributed by atoms with Crippen LogP contribution in [0.25, 0.3) is 0 Å². The molecule has 0 aromatic carbocycles. The number of hydrogen-bond acceptors (Lipinski definition) is 4. The fraction of sp³-hybridized carbons (Fsp3) is 0.643. The van der Waals surface area contributed by atoms with Gasteiger partial charge in [0, 0.05) is 32.4 Å². The number of ether oxygens (including phenoxy) is 1. The Morgan fingerprint density at radius 2 is 1.90 bits per heavy atom. The predicted molar refractivity (Wildman–Crippen MR) is 81.4 cm³/mol. The summed E-state index contributed by atoms with van der Waals surface area (Å²) < 4.78 is 33.3. The van der Waals surface area contributed by atoms with Gasteiger partial charge in [-0.1, -0.05) is 6.07 Å². The Hall–Kier alpha value is -1.18. The molecule has 118 valence electrons. The van der Waals surface area contributed by atoms with Gasteiger partial charge in [0.1, 0.15) is 6.10 Å². The van der Waals surface area contributed by atoms with Gasteiger partial charge in [-0.25, -0.2) is 4.98 Å². The van der Waals surface area contributed by atoms with E-state index in [9.17, 15) is 8.42 Å². The van der Waals surface area contributed by atoms with E-state index in [0.717, 1.165) is 31.2 Å². The van der Waals surface area contributed by atoms with Gasteiger partial charge >= 0.3 is 0 Å². The first-order valence-corrected chi connectivity index (χ1v) is 8.60. The van der Waals surface area contributed by atoms with Crippen LogP contribution in [0.5, 0.6) is 5.88 Å². The monoisotopic (exact) mass is 313 g/mol. The highest BCUT2D eigenvalue weighted by atomic mass is 32.2. The molecule has 0 atom stereocenters. The smallest absolute Gasteiger partial charge is 0.279 e. The first kappa shape index (κ1) is 16.2. The molecule has 1 aliphatic carbocycles. The van der Waals surface area contributed by atoms with Crippen LogP contribution in [0.3, 0.4) is 0 Å². The molecule has 1 aliphatic rings. The third kappa shape index (κ3) is 4.66. The summed E-state index contributed by atoms with van der Waals surface area (Å²) in [6.07, 6.45) is 5.12. The lowest BCUT2D eigenvalue weighted by atomic mass is 9.94. The molecular weight excluding hydrogens is 290 g/mol. The van der Waals surface area contributed by atoms with Gasteiger partial charge in [-0.15, -0.1) is 0 Å². The van der Waals surface area contributed by atoms with Gasteiger partial charge in [0.05, 0.1) is 0 Å². The topological polar surface area (TPSA) is 71.5 Å². The average molecular weight is 313 g/mol. The average Bonchev–Trinajstić information content (AvgIpc) is 2.43. The van der Waals surface area contributed by atoms with Crippen LogP contribution in [-0.2, 0) is 10.2 Å². The van der Waals surface area contributed by atoms with Crippen LogP contribution in [0, 0.1) is 6.92 Å².